The number of benzene rings is 1. The van der Waals surface area contributed by atoms with Crippen molar-refractivity contribution in [2.45, 2.75) is 6.92 Å². The molecule has 0 heterocycles. The highest BCUT2D eigenvalue weighted by molar-refractivity contribution is 5.56. The van der Waals surface area contributed by atoms with Crippen molar-refractivity contribution < 1.29 is 14.2 Å². The Balaban J connectivity index is 2.53. The van der Waals surface area contributed by atoms with Crippen LogP contribution < -0.4 is 14.8 Å². The van der Waals surface area contributed by atoms with Crippen LogP contribution in [0, 0.1) is 0 Å². The molecule has 4 heteroatoms. The van der Waals surface area contributed by atoms with Gasteiger partial charge in [0.05, 0.1) is 20.3 Å². The molecule has 0 saturated heterocycles. The third-order valence-electron chi connectivity index (χ3n) is 2.54. The fourth-order valence-electron chi connectivity index (χ4n) is 1.62. The molecular weight excluding hydrogens is 242 g/mol. The molecule has 0 amide bonds. The largest absolute Gasteiger partial charge is 0.493 e. The highest BCUT2D eigenvalue weighted by Crippen LogP contribution is 2.28. The highest BCUT2D eigenvalue weighted by Gasteiger charge is 2.03. The van der Waals surface area contributed by atoms with E-state index in [0.29, 0.717) is 6.61 Å². The highest BCUT2D eigenvalue weighted by atomic mass is 16.5. The number of hydrogen-bond donors (Lipinski definition) is 1. The average Bonchev–Trinajstić information content (AvgIpc) is 2.43. The van der Waals surface area contributed by atoms with Crippen molar-refractivity contribution in [3.63, 3.8) is 0 Å². The van der Waals surface area contributed by atoms with Crippen molar-refractivity contribution in [1.82, 2.24) is 5.32 Å². The zero-order valence-electron chi connectivity index (χ0n) is 11.9. The van der Waals surface area contributed by atoms with Crippen molar-refractivity contribution in [3.05, 3.63) is 29.8 Å². The maximum Gasteiger partial charge on any atom is 0.161 e. The van der Waals surface area contributed by atoms with Gasteiger partial charge in [-0.2, -0.15) is 0 Å². The molecule has 0 unspecified atom stereocenters. The molecule has 1 N–H and O–H groups in total. The van der Waals surface area contributed by atoms with Gasteiger partial charge in [-0.3, -0.25) is 0 Å². The molecule has 0 aliphatic carbocycles. The average molecular weight is 265 g/mol. The van der Waals surface area contributed by atoms with Crippen LogP contribution in [0.2, 0.25) is 0 Å². The number of ether oxygens (including phenoxy) is 3. The Morgan fingerprint density at radius 2 is 2.05 bits per heavy atom. The van der Waals surface area contributed by atoms with Gasteiger partial charge < -0.3 is 19.5 Å². The van der Waals surface area contributed by atoms with Gasteiger partial charge in [-0.05, 0) is 24.6 Å². The summed E-state index contributed by atoms with van der Waals surface area (Å²) >= 11 is 0. The Hall–Kier alpha value is -1.52. The minimum absolute atomic E-state index is 0.627. The van der Waals surface area contributed by atoms with Gasteiger partial charge >= 0.3 is 0 Å². The van der Waals surface area contributed by atoms with E-state index in [2.05, 4.69) is 17.5 Å². The Bertz CT molecular complexity index is 391. The summed E-state index contributed by atoms with van der Waals surface area (Å²) in [4.78, 5) is 0. The normalized spacial score (nSPS) is 10.9. The van der Waals surface area contributed by atoms with Crippen LogP contribution in [0.1, 0.15) is 12.5 Å². The second kappa shape index (κ2) is 9.42. The van der Waals surface area contributed by atoms with E-state index >= 15 is 0 Å². The molecule has 1 aromatic rings. The summed E-state index contributed by atoms with van der Waals surface area (Å²) in [5.41, 5.74) is 1.10. The Kier molecular flexibility index (Phi) is 7.70. The summed E-state index contributed by atoms with van der Waals surface area (Å²) in [6, 6.07) is 5.91. The summed E-state index contributed by atoms with van der Waals surface area (Å²) in [5, 5.41) is 3.25. The van der Waals surface area contributed by atoms with Crippen LogP contribution in [-0.4, -0.2) is 40.5 Å². The van der Waals surface area contributed by atoms with Gasteiger partial charge in [0.25, 0.3) is 0 Å². The predicted molar refractivity (Wildman–Crippen MR) is 77.9 cm³/mol. The molecular formula is C15H23NO3. The topological polar surface area (TPSA) is 39.7 Å². The second-order valence-corrected chi connectivity index (χ2v) is 3.94. The molecule has 0 radical (unpaired) electrons. The van der Waals surface area contributed by atoms with Crippen LogP contribution in [-0.2, 0) is 4.74 Å². The van der Waals surface area contributed by atoms with Crippen molar-refractivity contribution in [3.8, 4) is 11.5 Å². The van der Waals surface area contributed by atoms with Gasteiger partial charge in [-0.25, -0.2) is 0 Å². The van der Waals surface area contributed by atoms with E-state index in [9.17, 15) is 0 Å². The summed E-state index contributed by atoms with van der Waals surface area (Å²) in [7, 11) is 3.34. The van der Waals surface area contributed by atoms with Crippen LogP contribution in [0.5, 0.6) is 11.5 Å². The van der Waals surface area contributed by atoms with Gasteiger partial charge in [0.1, 0.15) is 0 Å². The van der Waals surface area contributed by atoms with Gasteiger partial charge in [0.2, 0.25) is 0 Å². The minimum Gasteiger partial charge on any atom is -0.493 e. The summed E-state index contributed by atoms with van der Waals surface area (Å²) in [5.74, 6) is 1.54. The van der Waals surface area contributed by atoms with E-state index in [1.807, 2.05) is 25.1 Å². The number of hydrogen-bond acceptors (Lipinski definition) is 4. The summed E-state index contributed by atoms with van der Waals surface area (Å²) in [6.45, 7) is 4.99. The van der Waals surface area contributed by atoms with Crippen molar-refractivity contribution in [2.24, 2.45) is 0 Å². The van der Waals surface area contributed by atoms with Gasteiger partial charge in [-0.15, -0.1) is 0 Å². The van der Waals surface area contributed by atoms with E-state index in [1.165, 1.54) is 0 Å². The van der Waals surface area contributed by atoms with E-state index in [4.69, 9.17) is 14.2 Å². The number of rotatable bonds is 9. The van der Waals surface area contributed by atoms with Gasteiger partial charge in [0, 0.05) is 20.2 Å². The molecule has 0 aromatic heterocycles. The van der Waals surface area contributed by atoms with Crippen molar-refractivity contribution in [1.29, 1.82) is 0 Å². The van der Waals surface area contributed by atoms with E-state index < -0.39 is 0 Å². The molecule has 0 fully saturated rings. The smallest absolute Gasteiger partial charge is 0.161 e. The standard InChI is InChI=1S/C15H23NO3/c1-4-19-15-12-13(7-8-14(15)18-3)6-5-9-16-10-11-17-2/h5-8,12,16H,4,9-11H2,1-3H3. The van der Waals surface area contributed by atoms with E-state index in [0.717, 1.165) is 36.8 Å². The fourth-order valence-corrected chi connectivity index (χ4v) is 1.62. The maximum absolute atomic E-state index is 5.54. The van der Waals surface area contributed by atoms with Crippen LogP contribution in [0.25, 0.3) is 6.08 Å². The molecule has 0 bridgehead atoms. The third-order valence-corrected chi connectivity index (χ3v) is 2.54. The lowest BCUT2D eigenvalue weighted by Gasteiger charge is -2.09. The van der Waals surface area contributed by atoms with Gasteiger partial charge in [0.15, 0.2) is 11.5 Å². The van der Waals surface area contributed by atoms with Crippen LogP contribution >= 0.6 is 0 Å². The first-order chi connectivity index (χ1) is 9.31. The Morgan fingerprint density at radius 3 is 2.74 bits per heavy atom. The van der Waals surface area contributed by atoms with Crippen LogP contribution in [0.4, 0.5) is 0 Å². The zero-order valence-corrected chi connectivity index (χ0v) is 11.9. The third kappa shape index (κ3) is 5.77. The second-order valence-electron chi connectivity index (χ2n) is 3.94. The summed E-state index contributed by atoms with van der Waals surface area (Å²) in [6.07, 6.45) is 4.13. The predicted octanol–water partition coefficient (Wildman–Crippen LogP) is 2.34. The molecule has 106 valence electrons. The van der Waals surface area contributed by atoms with Crippen LogP contribution in [0.3, 0.4) is 0 Å². The first kappa shape index (κ1) is 15.5. The van der Waals surface area contributed by atoms with E-state index in [-0.39, 0.29) is 0 Å². The molecule has 0 aliphatic heterocycles. The van der Waals surface area contributed by atoms with Crippen molar-refractivity contribution >= 4 is 6.08 Å². The molecule has 0 saturated carbocycles. The number of methoxy groups -OCH3 is 2. The lowest BCUT2D eigenvalue weighted by molar-refractivity contribution is 0.200. The van der Waals surface area contributed by atoms with Crippen molar-refractivity contribution in [2.75, 3.05) is 40.5 Å². The molecule has 0 spiro atoms. The molecule has 19 heavy (non-hydrogen) atoms. The monoisotopic (exact) mass is 265 g/mol. The first-order valence-corrected chi connectivity index (χ1v) is 6.48. The molecule has 0 atom stereocenters. The molecule has 0 aliphatic rings. The van der Waals surface area contributed by atoms with Gasteiger partial charge in [-0.1, -0.05) is 18.2 Å². The van der Waals surface area contributed by atoms with Crippen LogP contribution in [0.15, 0.2) is 24.3 Å². The zero-order chi connectivity index (χ0) is 13.9. The lowest BCUT2D eigenvalue weighted by Crippen LogP contribution is -2.18. The molecule has 1 aromatic carbocycles. The number of nitrogens with one attached hydrogen (secondary N) is 1. The minimum atomic E-state index is 0.627. The first-order valence-electron chi connectivity index (χ1n) is 6.48. The SMILES string of the molecule is CCOc1cc(C=CCNCCOC)ccc1OC. The fraction of sp³-hybridized carbons (Fsp3) is 0.467. The Labute approximate surface area is 115 Å². The van der Waals surface area contributed by atoms with E-state index in [1.54, 1.807) is 14.2 Å². The molecule has 4 nitrogen and oxygen atoms in total. The maximum atomic E-state index is 5.54. The lowest BCUT2D eigenvalue weighted by atomic mass is 10.2. The quantitative estimate of drug-likeness (QED) is 0.696. The molecule has 1 rings (SSSR count). The summed E-state index contributed by atoms with van der Waals surface area (Å²) < 4.78 is 15.7. The Morgan fingerprint density at radius 1 is 1.21 bits per heavy atom.